The average Bonchev–Trinajstić information content (AvgIpc) is 2.53. The number of alkyl halides is 3. The molecule has 0 bridgehead atoms. The largest absolute Gasteiger partial charge is 0.573 e. The van der Waals surface area contributed by atoms with Crippen LogP contribution in [0.2, 0.25) is 0 Å². The van der Waals surface area contributed by atoms with Gasteiger partial charge in [-0.15, -0.1) is 13.2 Å². The van der Waals surface area contributed by atoms with Crippen LogP contribution in [0.3, 0.4) is 0 Å². The Kier molecular flexibility index (Phi) is 5.78. The smallest absolute Gasteiger partial charge is 0.406 e. The summed E-state index contributed by atoms with van der Waals surface area (Å²) in [5.41, 5.74) is 1.24. The Morgan fingerprint density at radius 3 is 2.54 bits per heavy atom. The molecule has 7 heteroatoms. The van der Waals surface area contributed by atoms with Crippen molar-refractivity contribution in [2.45, 2.75) is 32.2 Å². The summed E-state index contributed by atoms with van der Waals surface area (Å²) in [7, 11) is 0. The van der Waals surface area contributed by atoms with Crippen LogP contribution in [0.15, 0.2) is 48.8 Å². The van der Waals surface area contributed by atoms with Gasteiger partial charge >= 0.3 is 6.36 Å². The van der Waals surface area contributed by atoms with Crippen LogP contribution in [0.25, 0.3) is 0 Å². The highest BCUT2D eigenvalue weighted by Crippen LogP contribution is 2.27. The van der Waals surface area contributed by atoms with Gasteiger partial charge in [0.05, 0.1) is 6.04 Å². The molecule has 1 N–H and O–H groups in total. The summed E-state index contributed by atoms with van der Waals surface area (Å²) >= 11 is 0. The normalized spacial score (nSPS) is 12.5. The monoisotopic (exact) mass is 338 g/mol. The van der Waals surface area contributed by atoms with E-state index in [1.165, 1.54) is 18.2 Å². The average molecular weight is 338 g/mol. The number of halogens is 3. The minimum Gasteiger partial charge on any atom is -0.406 e. The van der Waals surface area contributed by atoms with E-state index in [0.717, 1.165) is 5.56 Å². The first-order chi connectivity index (χ1) is 11.3. The number of benzene rings is 1. The predicted molar refractivity (Wildman–Crippen MR) is 82.2 cm³/mol. The maximum Gasteiger partial charge on any atom is 0.573 e. The lowest BCUT2D eigenvalue weighted by atomic mass is 10.1. The SMILES string of the molecule is C[C@@H](NC(=O)CCc1ccccc1OC(F)(F)F)c1ccncc1. The van der Waals surface area contributed by atoms with Crippen molar-refractivity contribution in [3.05, 3.63) is 59.9 Å². The maximum absolute atomic E-state index is 12.4. The van der Waals surface area contributed by atoms with E-state index in [-0.39, 0.29) is 30.5 Å². The van der Waals surface area contributed by atoms with Crippen molar-refractivity contribution in [2.75, 3.05) is 0 Å². The lowest BCUT2D eigenvalue weighted by Crippen LogP contribution is -2.27. The van der Waals surface area contributed by atoms with Gasteiger partial charge in [0.25, 0.3) is 0 Å². The fraction of sp³-hybridized carbons (Fsp3) is 0.294. The molecular formula is C17H17F3N2O2. The molecule has 4 nitrogen and oxygen atoms in total. The van der Waals surface area contributed by atoms with Gasteiger partial charge in [-0.2, -0.15) is 0 Å². The Labute approximate surface area is 137 Å². The van der Waals surface area contributed by atoms with Crippen LogP contribution >= 0.6 is 0 Å². The van der Waals surface area contributed by atoms with E-state index in [2.05, 4.69) is 15.0 Å². The molecule has 0 unspecified atom stereocenters. The first-order valence-corrected chi connectivity index (χ1v) is 7.38. The fourth-order valence-corrected chi connectivity index (χ4v) is 2.23. The van der Waals surface area contributed by atoms with Gasteiger partial charge in [-0.1, -0.05) is 18.2 Å². The number of carbonyl (C=O) groups is 1. The lowest BCUT2D eigenvalue weighted by Gasteiger charge is -2.15. The molecule has 0 saturated heterocycles. The highest BCUT2D eigenvalue weighted by Gasteiger charge is 2.31. The van der Waals surface area contributed by atoms with E-state index in [4.69, 9.17) is 0 Å². The number of hydrogen-bond acceptors (Lipinski definition) is 3. The molecule has 2 aromatic rings. The number of aromatic nitrogens is 1. The summed E-state index contributed by atoms with van der Waals surface area (Å²) < 4.78 is 41.1. The first kappa shape index (κ1) is 17.8. The van der Waals surface area contributed by atoms with Gasteiger partial charge in [-0.3, -0.25) is 9.78 Å². The molecule has 0 saturated carbocycles. The Bertz CT molecular complexity index is 675. The van der Waals surface area contributed by atoms with Gasteiger partial charge in [-0.05, 0) is 42.7 Å². The molecule has 24 heavy (non-hydrogen) atoms. The molecule has 1 amide bonds. The number of amides is 1. The third-order valence-corrected chi connectivity index (χ3v) is 3.40. The van der Waals surface area contributed by atoms with Crippen LogP contribution < -0.4 is 10.1 Å². The number of nitrogens with zero attached hydrogens (tertiary/aromatic N) is 1. The van der Waals surface area contributed by atoms with Gasteiger partial charge in [0.1, 0.15) is 5.75 Å². The minimum atomic E-state index is -4.76. The van der Waals surface area contributed by atoms with Crippen LogP contribution in [-0.4, -0.2) is 17.3 Å². The zero-order valence-electron chi connectivity index (χ0n) is 13.0. The summed E-state index contributed by atoms with van der Waals surface area (Å²) in [5.74, 6) is -0.527. The van der Waals surface area contributed by atoms with E-state index in [0.29, 0.717) is 5.56 Å². The first-order valence-electron chi connectivity index (χ1n) is 7.38. The second-order valence-electron chi connectivity index (χ2n) is 5.23. The number of hydrogen-bond donors (Lipinski definition) is 1. The van der Waals surface area contributed by atoms with Crippen molar-refractivity contribution in [1.82, 2.24) is 10.3 Å². The maximum atomic E-state index is 12.4. The number of rotatable bonds is 6. The van der Waals surface area contributed by atoms with E-state index in [9.17, 15) is 18.0 Å². The van der Waals surface area contributed by atoms with Crippen molar-refractivity contribution in [1.29, 1.82) is 0 Å². The van der Waals surface area contributed by atoms with Gasteiger partial charge < -0.3 is 10.1 Å². The van der Waals surface area contributed by atoms with Crippen LogP contribution in [0.1, 0.15) is 30.5 Å². The van der Waals surface area contributed by atoms with E-state index in [1.54, 1.807) is 30.6 Å². The molecule has 128 valence electrons. The molecule has 1 atom stereocenters. The van der Waals surface area contributed by atoms with E-state index in [1.807, 2.05) is 6.92 Å². The topological polar surface area (TPSA) is 51.2 Å². The zero-order valence-corrected chi connectivity index (χ0v) is 13.0. The molecule has 0 radical (unpaired) electrons. The summed E-state index contributed by atoms with van der Waals surface area (Å²) in [6, 6.07) is 9.18. The Balaban J connectivity index is 1.92. The highest BCUT2D eigenvalue weighted by atomic mass is 19.4. The third-order valence-electron chi connectivity index (χ3n) is 3.40. The lowest BCUT2D eigenvalue weighted by molar-refractivity contribution is -0.274. The van der Waals surface area contributed by atoms with Crippen molar-refractivity contribution in [2.24, 2.45) is 0 Å². The van der Waals surface area contributed by atoms with Crippen molar-refractivity contribution < 1.29 is 22.7 Å². The van der Waals surface area contributed by atoms with Gasteiger partial charge in [0.2, 0.25) is 5.91 Å². The van der Waals surface area contributed by atoms with Gasteiger partial charge in [0, 0.05) is 18.8 Å². The molecule has 0 fully saturated rings. The van der Waals surface area contributed by atoms with Gasteiger partial charge in [-0.25, -0.2) is 0 Å². The Morgan fingerprint density at radius 2 is 1.88 bits per heavy atom. The number of nitrogens with one attached hydrogen (secondary N) is 1. The number of ether oxygens (including phenoxy) is 1. The number of pyridine rings is 1. The number of aryl methyl sites for hydroxylation is 1. The summed E-state index contributed by atoms with van der Waals surface area (Å²) in [5, 5.41) is 2.80. The van der Waals surface area contributed by atoms with Crippen molar-refractivity contribution >= 4 is 5.91 Å². The molecule has 2 rings (SSSR count). The van der Waals surface area contributed by atoms with E-state index < -0.39 is 6.36 Å². The number of para-hydroxylation sites is 1. The van der Waals surface area contributed by atoms with Crippen LogP contribution in [0.5, 0.6) is 5.75 Å². The summed E-state index contributed by atoms with van der Waals surface area (Å²) in [4.78, 5) is 15.9. The van der Waals surface area contributed by atoms with Crippen molar-refractivity contribution in [3.8, 4) is 5.75 Å². The minimum absolute atomic E-state index is 0.0631. The second-order valence-corrected chi connectivity index (χ2v) is 5.23. The van der Waals surface area contributed by atoms with E-state index >= 15 is 0 Å². The van der Waals surface area contributed by atoms with Crippen LogP contribution in [0, 0.1) is 0 Å². The molecular weight excluding hydrogens is 321 g/mol. The predicted octanol–water partition coefficient (Wildman–Crippen LogP) is 3.79. The standard InChI is InChI=1S/C17H17F3N2O2/c1-12(13-8-10-21-11-9-13)22-16(23)7-6-14-4-2-3-5-15(14)24-17(18,19)20/h2-5,8-12H,6-7H2,1H3,(H,22,23)/t12-/m1/s1. The molecule has 1 aromatic carbocycles. The van der Waals surface area contributed by atoms with Gasteiger partial charge in [0.15, 0.2) is 0 Å². The molecule has 1 heterocycles. The molecule has 1 aromatic heterocycles. The van der Waals surface area contributed by atoms with Crippen LogP contribution in [0.4, 0.5) is 13.2 Å². The summed E-state index contributed by atoms with van der Waals surface area (Å²) in [6.45, 7) is 1.83. The third kappa shape index (κ3) is 5.57. The summed E-state index contributed by atoms with van der Waals surface area (Å²) in [6.07, 6.45) is -1.28. The quantitative estimate of drug-likeness (QED) is 0.872. The Hall–Kier alpha value is -2.57. The number of carbonyl (C=O) groups excluding carboxylic acids is 1. The highest BCUT2D eigenvalue weighted by molar-refractivity contribution is 5.76. The Morgan fingerprint density at radius 1 is 1.21 bits per heavy atom. The molecule has 0 aliphatic rings. The molecule has 0 aliphatic carbocycles. The fourth-order valence-electron chi connectivity index (χ4n) is 2.23. The zero-order chi connectivity index (χ0) is 17.6. The molecule has 0 spiro atoms. The second kappa shape index (κ2) is 7.81. The molecule has 0 aliphatic heterocycles. The van der Waals surface area contributed by atoms with Crippen molar-refractivity contribution in [3.63, 3.8) is 0 Å². The van der Waals surface area contributed by atoms with Crippen LogP contribution in [-0.2, 0) is 11.2 Å².